The smallest absolute Gasteiger partial charge is 0.260 e. The van der Waals surface area contributed by atoms with Crippen LogP contribution >= 0.6 is 0 Å². The Morgan fingerprint density at radius 3 is 2.48 bits per heavy atom. The van der Waals surface area contributed by atoms with Crippen LogP contribution in [0, 0.1) is 5.92 Å². The van der Waals surface area contributed by atoms with Crippen LogP contribution in [0.1, 0.15) is 39.2 Å². The number of ether oxygens (including phenoxy) is 1. The van der Waals surface area contributed by atoms with Gasteiger partial charge in [0.05, 0.1) is 13.1 Å². The van der Waals surface area contributed by atoms with Gasteiger partial charge in [0.1, 0.15) is 11.4 Å². The zero-order chi connectivity index (χ0) is 15.6. The number of hydrogen-bond acceptors (Lipinski definition) is 3. The number of β-amino-alcohol motifs (C(OH)–C–C–N with tert-alkyl or cyclic N) is 1. The molecule has 1 aromatic carbocycles. The van der Waals surface area contributed by atoms with Gasteiger partial charge in [-0.1, -0.05) is 45.9 Å². The van der Waals surface area contributed by atoms with Crippen molar-refractivity contribution in [3.8, 4) is 5.75 Å². The Hall–Kier alpha value is -1.55. The number of nitrogens with zero attached hydrogens (tertiary/aromatic N) is 1. The topological polar surface area (TPSA) is 49.8 Å². The maximum absolute atomic E-state index is 12.1. The summed E-state index contributed by atoms with van der Waals surface area (Å²) in [5.74, 6) is 1.20. The Bertz CT molecular complexity index is 505. The molecule has 0 aromatic heterocycles. The van der Waals surface area contributed by atoms with Crippen molar-refractivity contribution >= 4 is 5.91 Å². The van der Waals surface area contributed by atoms with Gasteiger partial charge >= 0.3 is 0 Å². The van der Waals surface area contributed by atoms with E-state index in [1.54, 1.807) is 4.90 Å². The van der Waals surface area contributed by atoms with E-state index in [1.807, 2.05) is 38.1 Å². The highest BCUT2D eigenvalue weighted by Gasteiger charge is 2.45. The average molecular weight is 291 g/mol. The summed E-state index contributed by atoms with van der Waals surface area (Å²) in [5.41, 5.74) is 0.374. The van der Waals surface area contributed by atoms with E-state index in [9.17, 15) is 9.90 Å². The second kappa shape index (κ2) is 6.06. The fourth-order valence-electron chi connectivity index (χ4n) is 2.48. The van der Waals surface area contributed by atoms with Crippen molar-refractivity contribution in [3.63, 3.8) is 0 Å². The van der Waals surface area contributed by atoms with E-state index in [-0.39, 0.29) is 18.4 Å². The summed E-state index contributed by atoms with van der Waals surface area (Å²) in [7, 11) is 0. The number of aliphatic hydroxyl groups is 1. The molecule has 1 saturated heterocycles. The quantitative estimate of drug-likeness (QED) is 0.906. The number of carbonyl (C=O) groups excluding carboxylic acids is 1. The standard InChI is InChI=1S/C17H25NO3/c1-12(2)14-7-5-6-8-15(14)21-9-16(19)18-10-17(20,11-18)13(3)4/h5-8,12-13,20H,9-11H2,1-4H3. The molecule has 1 aliphatic heterocycles. The Kier molecular flexibility index (Phi) is 4.57. The van der Waals surface area contributed by atoms with E-state index < -0.39 is 5.60 Å². The highest BCUT2D eigenvalue weighted by Crippen LogP contribution is 2.29. The Morgan fingerprint density at radius 1 is 1.29 bits per heavy atom. The minimum Gasteiger partial charge on any atom is -0.483 e. The maximum Gasteiger partial charge on any atom is 0.260 e. The van der Waals surface area contributed by atoms with Gasteiger partial charge in [0.15, 0.2) is 6.61 Å². The molecule has 2 rings (SSSR count). The SMILES string of the molecule is CC(C)c1ccccc1OCC(=O)N1CC(O)(C(C)C)C1. The van der Waals surface area contributed by atoms with Crippen LogP contribution < -0.4 is 4.74 Å². The predicted molar refractivity (Wildman–Crippen MR) is 82.4 cm³/mol. The second-order valence-corrected chi connectivity index (χ2v) is 6.49. The molecule has 0 saturated carbocycles. The van der Waals surface area contributed by atoms with Crippen LogP contribution in [0.2, 0.25) is 0 Å². The first-order valence-electron chi connectivity index (χ1n) is 7.55. The number of benzene rings is 1. The van der Waals surface area contributed by atoms with Gasteiger partial charge in [-0.15, -0.1) is 0 Å². The third-order valence-electron chi connectivity index (χ3n) is 4.25. The molecule has 0 aliphatic carbocycles. The van der Waals surface area contributed by atoms with Gasteiger partial charge in [-0.3, -0.25) is 4.79 Å². The van der Waals surface area contributed by atoms with Crippen LogP contribution in [0.4, 0.5) is 0 Å². The lowest BCUT2D eigenvalue weighted by Gasteiger charge is -2.48. The highest BCUT2D eigenvalue weighted by molar-refractivity contribution is 5.79. The molecule has 4 heteroatoms. The fraction of sp³-hybridized carbons (Fsp3) is 0.588. The zero-order valence-electron chi connectivity index (χ0n) is 13.3. The molecule has 0 unspecified atom stereocenters. The maximum atomic E-state index is 12.1. The third kappa shape index (κ3) is 3.38. The molecule has 1 fully saturated rings. The lowest BCUT2D eigenvalue weighted by Crippen LogP contribution is -2.66. The molecule has 21 heavy (non-hydrogen) atoms. The highest BCUT2D eigenvalue weighted by atomic mass is 16.5. The van der Waals surface area contributed by atoms with Gasteiger partial charge in [-0.25, -0.2) is 0 Å². The number of likely N-dealkylation sites (tertiary alicyclic amines) is 1. The van der Waals surface area contributed by atoms with E-state index in [0.29, 0.717) is 19.0 Å². The van der Waals surface area contributed by atoms with Crippen LogP contribution in [0.3, 0.4) is 0 Å². The lowest BCUT2D eigenvalue weighted by molar-refractivity contribution is -0.165. The molecule has 0 atom stereocenters. The molecular weight excluding hydrogens is 266 g/mol. The first kappa shape index (κ1) is 15.8. The molecule has 1 heterocycles. The molecule has 1 N–H and O–H groups in total. The van der Waals surface area contributed by atoms with Gasteiger partial charge in [-0.2, -0.15) is 0 Å². The largest absolute Gasteiger partial charge is 0.483 e. The molecular formula is C17H25NO3. The molecule has 0 spiro atoms. The van der Waals surface area contributed by atoms with Crippen molar-refractivity contribution in [2.45, 2.75) is 39.2 Å². The summed E-state index contributed by atoms with van der Waals surface area (Å²) in [6, 6.07) is 7.80. The molecule has 1 aliphatic rings. The normalized spacial score (nSPS) is 17.0. The molecule has 0 radical (unpaired) electrons. The summed E-state index contributed by atoms with van der Waals surface area (Å²) >= 11 is 0. The first-order chi connectivity index (χ1) is 9.83. The van der Waals surface area contributed by atoms with E-state index in [2.05, 4.69) is 13.8 Å². The van der Waals surface area contributed by atoms with Gasteiger partial charge in [0, 0.05) is 0 Å². The average Bonchev–Trinajstić information content (AvgIpc) is 2.41. The van der Waals surface area contributed by atoms with Crippen molar-refractivity contribution in [1.82, 2.24) is 4.90 Å². The van der Waals surface area contributed by atoms with Crippen molar-refractivity contribution in [1.29, 1.82) is 0 Å². The predicted octanol–water partition coefficient (Wildman–Crippen LogP) is 2.42. The number of para-hydroxylation sites is 1. The van der Waals surface area contributed by atoms with E-state index >= 15 is 0 Å². The lowest BCUT2D eigenvalue weighted by atomic mass is 9.83. The minimum absolute atomic E-state index is 0.0257. The Labute approximate surface area is 126 Å². The summed E-state index contributed by atoms with van der Waals surface area (Å²) in [6.07, 6.45) is 0. The van der Waals surface area contributed by atoms with E-state index in [1.165, 1.54) is 0 Å². The molecule has 116 valence electrons. The van der Waals surface area contributed by atoms with Crippen molar-refractivity contribution in [2.24, 2.45) is 5.92 Å². The van der Waals surface area contributed by atoms with Crippen molar-refractivity contribution < 1.29 is 14.6 Å². The summed E-state index contributed by atoms with van der Waals surface area (Å²) in [4.78, 5) is 13.7. The van der Waals surface area contributed by atoms with Crippen molar-refractivity contribution in [2.75, 3.05) is 19.7 Å². The van der Waals surface area contributed by atoms with E-state index in [4.69, 9.17) is 4.74 Å². The third-order valence-corrected chi connectivity index (χ3v) is 4.25. The summed E-state index contributed by atoms with van der Waals surface area (Å²) in [6.45, 7) is 8.97. The fourth-order valence-corrected chi connectivity index (χ4v) is 2.48. The monoisotopic (exact) mass is 291 g/mol. The van der Waals surface area contributed by atoms with Crippen LogP contribution in [0.5, 0.6) is 5.75 Å². The summed E-state index contributed by atoms with van der Waals surface area (Å²) in [5, 5.41) is 10.2. The van der Waals surface area contributed by atoms with Gasteiger partial charge in [0.25, 0.3) is 5.91 Å². The van der Waals surface area contributed by atoms with E-state index in [0.717, 1.165) is 11.3 Å². The Balaban J connectivity index is 1.89. The minimum atomic E-state index is -0.731. The first-order valence-corrected chi connectivity index (χ1v) is 7.55. The van der Waals surface area contributed by atoms with Crippen LogP contribution in [0.25, 0.3) is 0 Å². The van der Waals surface area contributed by atoms with Gasteiger partial charge < -0.3 is 14.7 Å². The zero-order valence-corrected chi connectivity index (χ0v) is 13.3. The van der Waals surface area contributed by atoms with Crippen LogP contribution in [-0.2, 0) is 4.79 Å². The molecule has 1 aromatic rings. The van der Waals surface area contributed by atoms with Gasteiger partial charge in [-0.05, 0) is 23.5 Å². The number of carbonyl (C=O) groups is 1. The molecule has 4 nitrogen and oxygen atoms in total. The summed E-state index contributed by atoms with van der Waals surface area (Å²) < 4.78 is 5.67. The number of amides is 1. The van der Waals surface area contributed by atoms with Crippen LogP contribution in [-0.4, -0.2) is 41.2 Å². The second-order valence-electron chi connectivity index (χ2n) is 6.49. The molecule has 0 bridgehead atoms. The molecule has 1 amide bonds. The number of rotatable bonds is 5. The Morgan fingerprint density at radius 2 is 1.90 bits per heavy atom. The number of hydrogen-bond donors (Lipinski definition) is 1. The van der Waals surface area contributed by atoms with Crippen LogP contribution in [0.15, 0.2) is 24.3 Å². The van der Waals surface area contributed by atoms with Crippen molar-refractivity contribution in [3.05, 3.63) is 29.8 Å². The van der Waals surface area contributed by atoms with Gasteiger partial charge in [0.2, 0.25) is 0 Å².